The number of aliphatic hydroxyl groups excluding tert-OH is 1. The van der Waals surface area contributed by atoms with Gasteiger partial charge in [0.1, 0.15) is 0 Å². The van der Waals surface area contributed by atoms with Crippen LogP contribution in [-0.2, 0) is 4.79 Å². The first-order valence-electron chi connectivity index (χ1n) is 8.70. The Bertz CT molecular complexity index is 530. The Kier molecular flexibility index (Phi) is 3.06. The zero-order valence-corrected chi connectivity index (χ0v) is 13.0. The number of rotatable bonds is 0. The molecule has 0 heterocycles. The van der Waals surface area contributed by atoms with Gasteiger partial charge in [0.05, 0.1) is 6.26 Å². The Morgan fingerprint density at radius 1 is 1.24 bits per heavy atom. The summed E-state index contributed by atoms with van der Waals surface area (Å²) in [5.74, 6) is 3.11. The van der Waals surface area contributed by atoms with Crippen LogP contribution in [0, 0.1) is 29.1 Å². The van der Waals surface area contributed by atoms with Gasteiger partial charge in [-0.3, -0.25) is 4.79 Å². The van der Waals surface area contributed by atoms with Crippen molar-refractivity contribution in [2.45, 2.75) is 58.3 Å². The van der Waals surface area contributed by atoms with Gasteiger partial charge >= 0.3 is 0 Å². The van der Waals surface area contributed by atoms with Gasteiger partial charge in [0, 0.05) is 5.57 Å². The van der Waals surface area contributed by atoms with Gasteiger partial charge in [0.15, 0.2) is 5.78 Å². The Morgan fingerprint density at radius 3 is 2.90 bits per heavy atom. The van der Waals surface area contributed by atoms with Crippen molar-refractivity contribution >= 4 is 5.78 Å². The molecule has 0 amide bonds. The lowest BCUT2D eigenvalue weighted by molar-refractivity contribution is -0.112. The van der Waals surface area contributed by atoms with Crippen molar-refractivity contribution in [3.63, 3.8) is 0 Å². The van der Waals surface area contributed by atoms with E-state index in [4.69, 9.17) is 0 Å². The quantitative estimate of drug-likeness (QED) is 0.523. The average molecular weight is 286 g/mol. The molecule has 0 aromatic heterocycles. The zero-order chi connectivity index (χ0) is 14.6. The van der Waals surface area contributed by atoms with Crippen LogP contribution < -0.4 is 0 Å². The molecule has 3 saturated carbocycles. The SMILES string of the molecule is C[C@@]12CCC[C@H]1[C@@H]1CCC3=CC(=O)C(=CO)C[C@@H]3[C@H]1CC2. The summed E-state index contributed by atoms with van der Waals surface area (Å²) in [4.78, 5) is 12.0. The first kappa shape index (κ1) is 13.6. The molecular formula is C19H26O2. The molecule has 5 atom stereocenters. The Hall–Kier alpha value is -1.05. The van der Waals surface area contributed by atoms with Crippen molar-refractivity contribution in [3.05, 3.63) is 23.5 Å². The van der Waals surface area contributed by atoms with E-state index in [1.807, 2.05) is 6.08 Å². The van der Waals surface area contributed by atoms with Crippen molar-refractivity contribution in [1.29, 1.82) is 0 Å². The van der Waals surface area contributed by atoms with Crippen molar-refractivity contribution in [1.82, 2.24) is 0 Å². The maximum absolute atomic E-state index is 12.0. The largest absolute Gasteiger partial charge is 0.515 e. The van der Waals surface area contributed by atoms with E-state index in [-0.39, 0.29) is 5.78 Å². The lowest BCUT2D eigenvalue weighted by atomic mass is 9.52. The van der Waals surface area contributed by atoms with Gasteiger partial charge in [-0.15, -0.1) is 0 Å². The molecule has 0 saturated heterocycles. The number of hydrogen-bond acceptors (Lipinski definition) is 2. The van der Waals surface area contributed by atoms with Crippen LogP contribution in [0.1, 0.15) is 58.3 Å². The smallest absolute Gasteiger partial charge is 0.184 e. The number of aliphatic hydroxyl groups is 1. The van der Waals surface area contributed by atoms with E-state index >= 15 is 0 Å². The fourth-order valence-electron chi connectivity index (χ4n) is 6.19. The van der Waals surface area contributed by atoms with Crippen molar-refractivity contribution < 1.29 is 9.90 Å². The molecule has 0 radical (unpaired) electrons. The average Bonchev–Trinajstić information content (AvgIpc) is 2.88. The van der Waals surface area contributed by atoms with Gasteiger partial charge in [0.2, 0.25) is 0 Å². The summed E-state index contributed by atoms with van der Waals surface area (Å²) < 4.78 is 0. The molecule has 114 valence electrons. The van der Waals surface area contributed by atoms with Crippen molar-refractivity contribution in [2.75, 3.05) is 0 Å². The predicted octanol–water partition coefficient (Wildman–Crippen LogP) is 4.57. The van der Waals surface area contributed by atoms with E-state index in [0.717, 1.165) is 36.9 Å². The molecular weight excluding hydrogens is 260 g/mol. The number of hydrogen-bond donors (Lipinski definition) is 1. The second-order valence-corrected chi connectivity index (χ2v) is 8.11. The van der Waals surface area contributed by atoms with Crippen LogP contribution in [0.15, 0.2) is 23.5 Å². The minimum atomic E-state index is 0.0451. The van der Waals surface area contributed by atoms with Gasteiger partial charge in [-0.25, -0.2) is 0 Å². The van der Waals surface area contributed by atoms with E-state index in [0.29, 0.717) is 16.9 Å². The number of carbonyl (C=O) groups is 1. The third-order valence-electron chi connectivity index (χ3n) is 7.26. The molecule has 1 N–H and O–H groups in total. The minimum Gasteiger partial charge on any atom is -0.515 e. The first-order valence-corrected chi connectivity index (χ1v) is 8.70. The number of fused-ring (bicyclic) bond motifs is 5. The summed E-state index contributed by atoms with van der Waals surface area (Å²) in [5.41, 5.74) is 2.61. The molecule has 0 spiro atoms. The molecule has 0 aliphatic heterocycles. The van der Waals surface area contributed by atoms with Gasteiger partial charge in [-0.1, -0.05) is 18.9 Å². The molecule has 0 aromatic rings. The number of ketones is 1. The highest BCUT2D eigenvalue weighted by atomic mass is 16.2. The van der Waals surface area contributed by atoms with Crippen LogP contribution in [-0.4, -0.2) is 10.9 Å². The highest BCUT2D eigenvalue weighted by Crippen LogP contribution is 2.61. The van der Waals surface area contributed by atoms with Crippen LogP contribution >= 0.6 is 0 Å². The lowest BCUT2D eigenvalue weighted by Crippen LogP contribution is -2.44. The molecule has 4 aliphatic rings. The van der Waals surface area contributed by atoms with Crippen LogP contribution in [0.25, 0.3) is 0 Å². The minimum absolute atomic E-state index is 0.0451. The summed E-state index contributed by atoms with van der Waals surface area (Å²) in [7, 11) is 0. The number of allylic oxidation sites excluding steroid dienone is 2. The second kappa shape index (κ2) is 4.72. The Morgan fingerprint density at radius 2 is 2.10 bits per heavy atom. The third kappa shape index (κ3) is 1.94. The van der Waals surface area contributed by atoms with E-state index in [1.54, 1.807) is 0 Å². The molecule has 2 nitrogen and oxygen atoms in total. The maximum atomic E-state index is 12.0. The zero-order valence-electron chi connectivity index (χ0n) is 13.0. The number of carbonyl (C=O) groups excluding carboxylic acids is 1. The first-order chi connectivity index (χ1) is 10.1. The Balaban J connectivity index is 1.65. The Labute approximate surface area is 127 Å². The fourth-order valence-corrected chi connectivity index (χ4v) is 6.19. The van der Waals surface area contributed by atoms with Gasteiger partial charge in [0.25, 0.3) is 0 Å². The van der Waals surface area contributed by atoms with E-state index in [2.05, 4.69) is 6.92 Å². The fraction of sp³-hybridized carbons (Fsp3) is 0.737. The van der Waals surface area contributed by atoms with E-state index in [1.165, 1.54) is 44.1 Å². The van der Waals surface area contributed by atoms with Gasteiger partial charge < -0.3 is 5.11 Å². The van der Waals surface area contributed by atoms with E-state index < -0.39 is 0 Å². The van der Waals surface area contributed by atoms with Crippen molar-refractivity contribution in [2.24, 2.45) is 29.1 Å². The van der Waals surface area contributed by atoms with E-state index in [9.17, 15) is 9.90 Å². The van der Waals surface area contributed by atoms with Gasteiger partial charge in [-0.2, -0.15) is 0 Å². The summed E-state index contributed by atoms with van der Waals surface area (Å²) in [5, 5.41) is 9.33. The topological polar surface area (TPSA) is 37.3 Å². The maximum Gasteiger partial charge on any atom is 0.184 e. The van der Waals surface area contributed by atoms with Crippen LogP contribution in [0.4, 0.5) is 0 Å². The predicted molar refractivity (Wildman–Crippen MR) is 82.8 cm³/mol. The molecule has 21 heavy (non-hydrogen) atoms. The highest BCUT2D eigenvalue weighted by molar-refractivity contribution is 6.05. The highest BCUT2D eigenvalue weighted by Gasteiger charge is 2.52. The van der Waals surface area contributed by atoms with Crippen molar-refractivity contribution in [3.8, 4) is 0 Å². The monoisotopic (exact) mass is 286 g/mol. The molecule has 0 unspecified atom stereocenters. The standard InChI is InChI=1S/C19H26O2/c1-19-7-2-3-17(19)15-5-4-12-10-18(21)13(11-20)9-16(12)14(15)6-8-19/h10-11,14-17,20H,2-9H2,1H3/t14-,15+,16-,17-,19-/m0/s1. The van der Waals surface area contributed by atoms with Gasteiger partial charge in [-0.05, 0) is 80.1 Å². The molecule has 3 fully saturated rings. The van der Waals surface area contributed by atoms with Crippen LogP contribution in [0.3, 0.4) is 0 Å². The summed E-state index contributed by atoms with van der Waals surface area (Å²) in [6, 6.07) is 0. The molecule has 2 heteroatoms. The lowest BCUT2D eigenvalue weighted by Gasteiger charge is -2.52. The van der Waals surface area contributed by atoms with Crippen LogP contribution in [0.5, 0.6) is 0 Å². The molecule has 4 aliphatic carbocycles. The third-order valence-corrected chi connectivity index (χ3v) is 7.26. The molecule has 0 bridgehead atoms. The summed E-state index contributed by atoms with van der Waals surface area (Å²) in [6.45, 7) is 2.52. The molecule has 0 aromatic carbocycles. The van der Waals surface area contributed by atoms with Crippen LogP contribution in [0.2, 0.25) is 0 Å². The normalized spacial score (nSPS) is 47.6. The molecule has 4 rings (SSSR count). The summed E-state index contributed by atoms with van der Waals surface area (Å²) in [6.07, 6.45) is 13.0. The summed E-state index contributed by atoms with van der Waals surface area (Å²) >= 11 is 0. The second-order valence-electron chi connectivity index (χ2n) is 8.11.